The third kappa shape index (κ3) is 13.1. The van der Waals surface area contributed by atoms with E-state index in [-0.39, 0.29) is 40.2 Å². The van der Waals surface area contributed by atoms with Crippen LogP contribution in [0.2, 0.25) is 0 Å². The maximum absolute atomic E-state index is 15.2. The number of nitrogens with two attached hydrogens (primary N) is 1. The minimum atomic E-state index is -2.48. The zero-order chi connectivity index (χ0) is 51.7. The summed E-state index contributed by atoms with van der Waals surface area (Å²) in [6, 6.07) is -1.70. The number of aliphatic hydroxyl groups excluding tert-OH is 3. The lowest BCUT2D eigenvalue weighted by molar-refractivity contribution is -0.145. The molecule has 1 saturated heterocycles. The van der Waals surface area contributed by atoms with Gasteiger partial charge >= 0.3 is 5.97 Å². The average molecular weight is 1000 g/mol. The number of aliphatic hydroxyl groups is 3. The maximum atomic E-state index is 15.2. The van der Waals surface area contributed by atoms with Crippen molar-refractivity contribution in [2.24, 2.45) is 29.4 Å². The Balaban J connectivity index is 1.82. The highest BCUT2D eigenvalue weighted by Crippen LogP contribution is 2.35. The van der Waals surface area contributed by atoms with E-state index < -0.39 is 194 Å². The number of methoxy groups -OCH3 is 1. The van der Waals surface area contributed by atoms with Crippen LogP contribution in [0.3, 0.4) is 0 Å². The van der Waals surface area contributed by atoms with Crippen LogP contribution in [0.25, 0.3) is 10.9 Å². The van der Waals surface area contributed by atoms with Gasteiger partial charge < -0.3 is 66.9 Å². The number of ether oxygens (including phenoxy) is 1. The van der Waals surface area contributed by atoms with Crippen molar-refractivity contribution in [3.05, 3.63) is 23.8 Å². The Labute approximate surface area is 404 Å². The predicted octanol–water partition coefficient (Wildman–Crippen LogP) is -3.49. The van der Waals surface area contributed by atoms with E-state index in [0.29, 0.717) is 6.42 Å². The number of carboxylic acid groups (broad SMARTS) is 1. The number of aryl methyl sites for hydroxylation is 1. The molecule has 0 radical (unpaired) electrons. The fraction of sp³-hybridized carbons (Fsp3) is 0.600. The van der Waals surface area contributed by atoms with Crippen LogP contribution >= 0.6 is 0 Å². The number of nitrogens with one attached hydrogen (secondary N) is 5. The number of aromatic nitrogens is 1. The van der Waals surface area contributed by atoms with E-state index in [0.717, 1.165) is 4.90 Å². The van der Waals surface area contributed by atoms with Crippen molar-refractivity contribution in [3.63, 3.8) is 0 Å². The van der Waals surface area contributed by atoms with E-state index in [2.05, 4.69) is 26.6 Å². The normalized spacial score (nSPS) is 27.2. The molecule has 3 aliphatic rings. The third-order valence-corrected chi connectivity index (χ3v) is 14.7. The Morgan fingerprint density at radius 2 is 1.59 bits per heavy atom. The molecule has 11 atom stereocenters. The van der Waals surface area contributed by atoms with Gasteiger partial charge in [-0.2, -0.15) is 0 Å². The van der Waals surface area contributed by atoms with Gasteiger partial charge in [-0.1, -0.05) is 27.2 Å². The Morgan fingerprint density at radius 1 is 0.914 bits per heavy atom. The first kappa shape index (κ1) is 54.6. The first-order valence-corrected chi connectivity index (χ1v) is 24.3. The largest absolute Gasteiger partial charge is 0.497 e. The summed E-state index contributed by atoms with van der Waals surface area (Å²) in [5.74, 6) is -15.3. The second kappa shape index (κ2) is 24.0. The van der Waals surface area contributed by atoms with Crippen molar-refractivity contribution < 1.29 is 77.3 Å². The van der Waals surface area contributed by atoms with Gasteiger partial charge in [0.05, 0.1) is 85.5 Å². The number of amides is 7. The van der Waals surface area contributed by atoms with Crippen LogP contribution in [-0.2, 0) is 71.7 Å². The van der Waals surface area contributed by atoms with Gasteiger partial charge in [0, 0.05) is 62.1 Å². The van der Waals surface area contributed by atoms with Crippen molar-refractivity contribution in [1.82, 2.24) is 36.1 Å². The van der Waals surface area contributed by atoms with E-state index in [1.807, 2.05) is 0 Å². The number of nitrogens with zero attached hydrogens (tertiary/aromatic N) is 2. The molecule has 70 heavy (non-hydrogen) atoms. The number of fused-ring (bicyclic) bond motifs is 5. The standard InChI is InChI=1S/C45H62N8O16S/c1-5-21(2)39-43(66)48-16-36(60)49-29-20-70(68)45-28(27-7-6-26(69-4)15-30(27)52(45)9-8-38(62)63)10-23(41(64)47-17-37(61)50-39)11-33(57)40(22(3)34(58)19-54)51-42(65)31-14-25(55)18-53(31)44(67)24(12-32(29)56)13-35(46)59/h6-7,15,21-25,29,31,34,39-40,54-55,58H,5,8-14,16-20H2,1-4H3,(H2,46,59)(H,47,64)(H,48,66)(H,49,60)(H,50,61)(H,51,65)(H,62,63)/t21-,22-,23?,24-,25?,29?,31-,34-,39-,40-,70+/m0/s1. The van der Waals surface area contributed by atoms with Gasteiger partial charge in [0.15, 0.2) is 11.6 Å². The quantitative estimate of drug-likeness (QED) is 0.104. The van der Waals surface area contributed by atoms with E-state index in [1.54, 1.807) is 13.8 Å². The van der Waals surface area contributed by atoms with Gasteiger partial charge in [-0.05, 0) is 30.0 Å². The molecule has 1 aromatic carbocycles. The summed E-state index contributed by atoms with van der Waals surface area (Å²) < 4.78 is 22.1. The topological polar surface area (TPSA) is 372 Å². The molecule has 4 heterocycles. The number of hydrogen-bond acceptors (Lipinski definition) is 15. The number of benzene rings is 1. The number of hydrogen-bond donors (Lipinski definition) is 10. The lowest BCUT2D eigenvalue weighted by Crippen LogP contribution is -2.56. The van der Waals surface area contributed by atoms with E-state index in [4.69, 9.17) is 10.5 Å². The van der Waals surface area contributed by atoms with E-state index >= 15 is 4.21 Å². The van der Waals surface area contributed by atoms with Gasteiger partial charge in [-0.25, -0.2) is 0 Å². The number of carbonyl (C=O) groups is 10. The fourth-order valence-corrected chi connectivity index (χ4v) is 10.7. The van der Waals surface area contributed by atoms with E-state index in [1.165, 1.54) is 36.8 Å². The van der Waals surface area contributed by atoms with Crippen LogP contribution in [0.5, 0.6) is 5.75 Å². The fourth-order valence-electron chi connectivity index (χ4n) is 9.03. The Morgan fingerprint density at radius 3 is 2.21 bits per heavy atom. The molecule has 0 aliphatic carbocycles. The molecular weight excluding hydrogens is 941 g/mol. The molecule has 384 valence electrons. The zero-order valence-electron chi connectivity index (χ0n) is 39.3. The summed E-state index contributed by atoms with van der Waals surface area (Å²) in [4.78, 5) is 139. The molecular formula is C45H62N8O16S. The highest BCUT2D eigenvalue weighted by molar-refractivity contribution is 7.85. The predicted molar refractivity (Wildman–Crippen MR) is 245 cm³/mol. The first-order valence-electron chi connectivity index (χ1n) is 22.9. The maximum Gasteiger partial charge on any atom is 0.305 e. The second-order valence-corrected chi connectivity index (χ2v) is 19.5. The second-order valence-electron chi connectivity index (χ2n) is 18.1. The number of aliphatic carboxylic acids is 1. The summed E-state index contributed by atoms with van der Waals surface area (Å²) in [5.41, 5.74) is 5.91. The number of ketones is 2. The molecule has 3 unspecified atom stereocenters. The summed E-state index contributed by atoms with van der Waals surface area (Å²) in [7, 11) is -1.11. The summed E-state index contributed by atoms with van der Waals surface area (Å²) in [6.45, 7) is 1.46. The molecule has 0 spiro atoms. The number of rotatable bonds is 11. The molecule has 25 heteroatoms. The van der Waals surface area contributed by atoms with E-state index in [9.17, 15) is 68.4 Å². The minimum absolute atomic E-state index is 0.101. The highest BCUT2D eigenvalue weighted by Gasteiger charge is 2.45. The highest BCUT2D eigenvalue weighted by atomic mass is 32.2. The number of carbonyl (C=O) groups excluding carboxylic acids is 9. The molecule has 5 rings (SSSR count). The van der Waals surface area contributed by atoms with Crippen LogP contribution in [0, 0.1) is 23.7 Å². The third-order valence-electron chi connectivity index (χ3n) is 13.1. The Hall–Kier alpha value is -6.31. The molecule has 0 saturated carbocycles. The monoisotopic (exact) mass is 1000 g/mol. The van der Waals surface area contributed by atoms with Crippen LogP contribution in [-0.4, -0.2) is 168 Å². The SMILES string of the molecule is CC[C@H](C)[C@@H]1NC(=O)CNC(=O)C2CC(=O)[C@H]([C@@H](C)[C@@H](O)CO)NC(=O)[C@@H]3CC(O)CN3C(=O)[C@H](CC(N)=O)CC(=O)C(C[S@@](=O)c3c(c4ccc(OC)cc4n3CCC(=O)O)C2)NC(=O)CNC1=O. The lowest BCUT2D eigenvalue weighted by atomic mass is 9.85. The summed E-state index contributed by atoms with van der Waals surface area (Å²) >= 11 is 0. The van der Waals surface area contributed by atoms with Crippen molar-refractivity contribution in [3.8, 4) is 5.75 Å². The molecule has 11 N–H and O–H groups in total. The van der Waals surface area contributed by atoms with Crippen LogP contribution in [0.15, 0.2) is 23.2 Å². The molecule has 1 aromatic heterocycles. The average Bonchev–Trinajstić information content (AvgIpc) is 3.86. The Kier molecular flexibility index (Phi) is 18.7. The van der Waals surface area contributed by atoms with Crippen LogP contribution in [0.4, 0.5) is 0 Å². The zero-order valence-corrected chi connectivity index (χ0v) is 40.1. The molecule has 2 aromatic rings. The lowest BCUT2D eigenvalue weighted by Gasteiger charge is -2.32. The molecule has 2 bridgehead atoms. The van der Waals surface area contributed by atoms with Gasteiger partial charge in [0.25, 0.3) is 0 Å². The number of carboxylic acids is 1. The Bertz CT molecular complexity index is 2410. The smallest absolute Gasteiger partial charge is 0.305 e. The summed E-state index contributed by atoms with van der Waals surface area (Å²) in [5, 5.41) is 54.1. The minimum Gasteiger partial charge on any atom is -0.497 e. The number of primary amides is 1. The molecule has 7 amide bonds. The summed E-state index contributed by atoms with van der Waals surface area (Å²) in [6.07, 6.45) is -6.46. The van der Waals surface area contributed by atoms with Crippen molar-refractivity contribution in [2.45, 2.75) is 114 Å². The van der Waals surface area contributed by atoms with Crippen molar-refractivity contribution >= 4 is 80.6 Å². The molecule has 3 aliphatic heterocycles. The van der Waals surface area contributed by atoms with Gasteiger partial charge in [0.1, 0.15) is 22.9 Å². The van der Waals surface area contributed by atoms with Crippen molar-refractivity contribution in [2.75, 3.05) is 39.1 Å². The first-order chi connectivity index (χ1) is 33.1. The van der Waals surface area contributed by atoms with Crippen LogP contribution in [0.1, 0.15) is 64.9 Å². The van der Waals surface area contributed by atoms with Gasteiger partial charge in [-0.3, -0.25) is 52.2 Å². The van der Waals surface area contributed by atoms with Gasteiger partial charge in [-0.15, -0.1) is 0 Å². The molecule has 24 nitrogen and oxygen atoms in total. The van der Waals surface area contributed by atoms with Crippen molar-refractivity contribution in [1.29, 1.82) is 0 Å². The van der Waals surface area contributed by atoms with Crippen LogP contribution < -0.4 is 37.1 Å². The number of Topliss-reactive ketones (excluding diaryl/α,β-unsaturated/α-hetero) is 2. The molecule has 1 fully saturated rings. The van der Waals surface area contributed by atoms with Gasteiger partial charge in [0.2, 0.25) is 41.4 Å².